The number of anilines is 1. The number of esters is 1. The molecule has 0 spiro atoms. The number of nitrogens with zero attached hydrogens (tertiary/aromatic N) is 4. The number of nitrogens with one attached hydrogen (secondary N) is 1. The summed E-state index contributed by atoms with van der Waals surface area (Å²) in [5.74, 6) is -1.10. The van der Waals surface area contributed by atoms with Crippen LogP contribution in [0, 0.1) is 0 Å². The average molecular weight is 669 g/mol. The Morgan fingerprint density at radius 2 is 1.58 bits per heavy atom. The number of carbonyl (C=O) groups is 3. The predicted octanol–water partition coefficient (Wildman–Crippen LogP) is 7.15. The molecule has 14 heteroatoms. The van der Waals surface area contributed by atoms with Crippen molar-refractivity contribution in [3.8, 4) is 0 Å². The predicted molar refractivity (Wildman–Crippen MR) is 173 cm³/mol. The normalized spacial score (nSPS) is 10.9. The fourth-order valence-electron chi connectivity index (χ4n) is 3.86. The fraction of sp³-hybridized carbons (Fsp3) is 0.129. The smallest absolute Gasteiger partial charge is 0.346 e. The van der Waals surface area contributed by atoms with Crippen molar-refractivity contribution >= 4 is 70.3 Å². The Morgan fingerprint density at radius 1 is 0.911 bits per heavy atom. The molecule has 0 aliphatic carbocycles. The Balaban J connectivity index is 0.000000205. The summed E-state index contributed by atoms with van der Waals surface area (Å²) in [6.45, 7) is 0. The highest BCUT2D eigenvalue weighted by molar-refractivity contribution is 7.10. The molecule has 0 saturated carbocycles. The average Bonchev–Trinajstić information content (AvgIpc) is 3.84. The van der Waals surface area contributed by atoms with Crippen LogP contribution in [0.3, 0.4) is 0 Å². The number of ether oxygens (including phenoxy) is 3. The van der Waals surface area contributed by atoms with Crippen LogP contribution in [0.15, 0.2) is 84.5 Å². The maximum Gasteiger partial charge on any atom is 0.346 e. The van der Waals surface area contributed by atoms with Crippen molar-refractivity contribution in [1.82, 2.24) is 19.6 Å². The summed E-state index contributed by atoms with van der Waals surface area (Å²) < 4.78 is 17.3. The van der Waals surface area contributed by atoms with Crippen LogP contribution in [0.2, 0.25) is 10.0 Å². The molecule has 1 N–H and O–H groups in total. The minimum atomic E-state index is -0.956. The van der Waals surface area contributed by atoms with Crippen molar-refractivity contribution in [1.29, 1.82) is 0 Å². The summed E-state index contributed by atoms with van der Waals surface area (Å²) in [5.41, 5.74) is 1.98. The van der Waals surface area contributed by atoms with Crippen molar-refractivity contribution in [3.63, 3.8) is 0 Å². The molecule has 5 aromatic rings. The number of halogens is 2. The van der Waals surface area contributed by atoms with Gasteiger partial charge in [-0.1, -0.05) is 29.3 Å². The van der Waals surface area contributed by atoms with Crippen LogP contribution in [-0.4, -0.2) is 58.8 Å². The topological polar surface area (TPSA) is 127 Å². The third-order valence-corrected chi connectivity index (χ3v) is 7.36. The van der Waals surface area contributed by atoms with Gasteiger partial charge in [0.2, 0.25) is 6.29 Å². The number of amides is 1. The molecule has 0 atom stereocenters. The lowest BCUT2D eigenvalue weighted by atomic mass is 10.2. The second kappa shape index (κ2) is 15.9. The molecule has 0 aliphatic rings. The van der Waals surface area contributed by atoms with Crippen LogP contribution >= 0.6 is 34.5 Å². The second-order valence-electron chi connectivity index (χ2n) is 8.93. The summed E-state index contributed by atoms with van der Waals surface area (Å²) in [6.07, 6.45) is 5.74. The van der Waals surface area contributed by atoms with Gasteiger partial charge in [0.05, 0.1) is 19.0 Å². The molecular formula is C31H27Cl2N5O6S. The molecule has 232 valence electrons. The van der Waals surface area contributed by atoms with Crippen molar-refractivity contribution in [2.45, 2.75) is 6.29 Å². The third kappa shape index (κ3) is 8.75. The van der Waals surface area contributed by atoms with Crippen LogP contribution in [0.25, 0.3) is 12.2 Å². The first-order chi connectivity index (χ1) is 21.7. The zero-order valence-electron chi connectivity index (χ0n) is 24.2. The van der Waals surface area contributed by atoms with Gasteiger partial charge in [-0.2, -0.15) is 19.6 Å². The molecule has 0 radical (unpaired) electrons. The van der Waals surface area contributed by atoms with Gasteiger partial charge < -0.3 is 19.5 Å². The number of hydrogen-bond acceptors (Lipinski definition) is 9. The maximum atomic E-state index is 12.6. The lowest BCUT2D eigenvalue weighted by molar-refractivity contribution is -0.110. The Labute approximate surface area is 272 Å². The van der Waals surface area contributed by atoms with Crippen LogP contribution in [-0.2, 0) is 14.2 Å². The molecule has 0 unspecified atom stereocenters. The van der Waals surface area contributed by atoms with Crippen molar-refractivity contribution in [2.75, 3.05) is 26.6 Å². The van der Waals surface area contributed by atoms with Gasteiger partial charge in [0.15, 0.2) is 0 Å². The molecular weight excluding hydrogens is 641 g/mol. The molecule has 11 nitrogen and oxygen atoms in total. The summed E-state index contributed by atoms with van der Waals surface area (Å²) in [5, 5.41) is 14.1. The Bertz CT molecular complexity index is 1760. The van der Waals surface area contributed by atoms with E-state index >= 15 is 0 Å². The van der Waals surface area contributed by atoms with Crippen LogP contribution in [0.1, 0.15) is 43.3 Å². The highest BCUT2D eigenvalue weighted by atomic mass is 35.5. The van der Waals surface area contributed by atoms with E-state index in [9.17, 15) is 14.4 Å². The first kappa shape index (κ1) is 33.3. The van der Waals surface area contributed by atoms with Crippen molar-refractivity contribution in [2.24, 2.45) is 0 Å². The van der Waals surface area contributed by atoms with Crippen LogP contribution in [0.4, 0.5) is 10.5 Å². The van der Waals surface area contributed by atoms with Crippen LogP contribution in [0.5, 0.6) is 0 Å². The van der Waals surface area contributed by atoms with E-state index in [4.69, 9.17) is 37.4 Å². The van der Waals surface area contributed by atoms with Crippen LogP contribution < -0.4 is 5.32 Å². The molecule has 45 heavy (non-hydrogen) atoms. The molecule has 0 saturated heterocycles. The van der Waals surface area contributed by atoms with Gasteiger partial charge in [0.25, 0.3) is 5.91 Å². The first-order valence-electron chi connectivity index (χ1n) is 13.1. The maximum absolute atomic E-state index is 12.6. The number of aromatic nitrogens is 4. The van der Waals surface area contributed by atoms with Gasteiger partial charge in [-0.25, -0.2) is 9.59 Å². The largest absolute Gasteiger partial charge is 0.465 e. The van der Waals surface area contributed by atoms with Gasteiger partial charge in [-0.3, -0.25) is 4.79 Å². The Kier molecular flexibility index (Phi) is 11.8. The second-order valence-corrected chi connectivity index (χ2v) is 10.8. The van der Waals surface area contributed by atoms with Gasteiger partial charge in [-0.05, 0) is 78.2 Å². The fourth-order valence-corrected chi connectivity index (χ4v) is 4.73. The van der Waals surface area contributed by atoms with E-state index in [0.717, 1.165) is 15.3 Å². The third-order valence-electron chi connectivity index (χ3n) is 6.02. The van der Waals surface area contributed by atoms with Gasteiger partial charge >= 0.3 is 12.0 Å². The zero-order chi connectivity index (χ0) is 32.3. The number of hydrogen-bond donors (Lipinski definition) is 1. The monoisotopic (exact) mass is 667 g/mol. The molecule has 0 fully saturated rings. The highest BCUT2D eigenvalue weighted by Gasteiger charge is 2.28. The summed E-state index contributed by atoms with van der Waals surface area (Å²) in [4.78, 5) is 37.7. The SMILES string of the molecule is COC(=O)c1cnn(C(=O)c2ccc(Cl)cc2)c1C(OC)OC.O=C(Nc1ccc(Cl)cc1)n1ccc(C=Cc2cccs2)n1. The van der Waals surface area contributed by atoms with Gasteiger partial charge in [-0.15, -0.1) is 11.3 Å². The molecule has 3 heterocycles. The number of thiophene rings is 1. The minimum absolute atomic E-state index is 0.0866. The molecule has 0 aliphatic heterocycles. The number of rotatable bonds is 8. The van der Waals surface area contributed by atoms with Crippen molar-refractivity contribution in [3.05, 3.63) is 122 Å². The van der Waals surface area contributed by atoms with E-state index in [1.807, 2.05) is 29.7 Å². The molecule has 5 rings (SSSR count). The van der Waals surface area contributed by atoms with E-state index in [1.54, 1.807) is 72.1 Å². The minimum Gasteiger partial charge on any atom is -0.465 e. The number of benzene rings is 2. The quantitative estimate of drug-likeness (QED) is 0.137. The van der Waals surface area contributed by atoms with E-state index < -0.39 is 18.2 Å². The van der Waals surface area contributed by atoms with E-state index in [0.29, 0.717) is 21.3 Å². The van der Waals surface area contributed by atoms with E-state index in [2.05, 4.69) is 15.5 Å². The zero-order valence-corrected chi connectivity index (χ0v) is 26.5. The first-order valence-corrected chi connectivity index (χ1v) is 14.7. The highest BCUT2D eigenvalue weighted by Crippen LogP contribution is 2.24. The Hall–Kier alpha value is -4.59. The molecule has 3 aromatic heterocycles. The standard InChI is InChI=1S/C16H12ClN3OS.C15H15ClN2O5/c17-12-3-5-13(6-4-12)18-16(21)20-10-9-14(19-20)7-8-15-2-1-11-22-15;1-21-14(20)11-8-17-18(12(11)15(22-2)23-3)13(19)9-4-6-10(16)7-5-9/h1-11H,(H,18,21);4-8,15H,1-3H3. The van der Waals surface area contributed by atoms with E-state index in [-0.39, 0.29) is 17.3 Å². The molecule has 0 bridgehead atoms. The summed E-state index contributed by atoms with van der Waals surface area (Å²) in [6, 6.07) is 18.7. The summed E-state index contributed by atoms with van der Waals surface area (Å²) >= 11 is 13.3. The lowest BCUT2D eigenvalue weighted by Gasteiger charge is -2.16. The van der Waals surface area contributed by atoms with Gasteiger partial charge in [0.1, 0.15) is 11.3 Å². The van der Waals surface area contributed by atoms with E-state index in [1.165, 1.54) is 32.2 Å². The number of methoxy groups -OCH3 is 3. The molecule has 2 aromatic carbocycles. The Morgan fingerprint density at radius 3 is 2.18 bits per heavy atom. The van der Waals surface area contributed by atoms with Crippen molar-refractivity contribution < 1.29 is 28.6 Å². The molecule has 1 amide bonds. The van der Waals surface area contributed by atoms with Gasteiger partial charge in [0, 0.05) is 46.6 Å². The number of carbonyl (C=O) groups excluding carboxylic acids is 3. The summed E-state index contributed by atoms with van der Waals surface area (Å²) in [7, 11) is 4.01. The lowest BCUT2D eigenvalue weighted by Crippen LogP contribution is -2.22.